The van der Waals surface area contributed by atoms with Gasteiger partial charge in [-0.2, -0.15) is 0 Å². The van der Waals surface area contributed by atoms with Crippen LogP contribution in [0, 0.1) is 13.8 Å². The highest BCUT2D eigenvalue weighted by atomic mass is 16.6. The van der Waals surface area contributed by atoms with E-state index in [-0.39, 0.29) is 13.2 Å². The molecule has 0 fully saturated rings. The molecule has 0 unspecified atom stereocenters. The van der Waals surface area contributed by atoms with Crippen molar-refractivity contribution in [2.75, 3.05) is 23.0 Å². The highest BCUT2D eigenvalue weighted by Gasteiger charge is 2.40. The van der Waals surface area contributed by atoms with Gasteiger partial charge in [0.25, 0.3) is 0 Å². The van der Waals surface area contributed by atoms with Crippen LogP contribution in [0.15, 0.2) is 72.8 Å². The van der Waals surface area contributed by atoms with E-state index < -0.39 is 12.2 Å². The molecule has 0 spiro atoms. The number of carbonyl (C=O) groups excluding carboxylic acids is 2. The van der Waals surface area contributed by atoms with Crippen molar-refractivity contribution in [3.05, 3.63) is 95.1 Å². The number of aryl methyl sites for hydroxylation is 2. The van der Waals surface area contributed by atoms with Crippen LogP contribution in [0.25, 0.3) is 11.4 Å². The number of hydrogen-bond donors (Lipinski definition) is 0. The lowest BCUT2D eigenvalue weighted by Crippen LogP contribution is -2.41. The van der Waals surface area contributed by atoms with Gasteiger partial charge in [-0.15, -0.1) is 0 Å². The maximum absolute atomic E-state index is 13.5. The van der Waals surface area contributed by atoms with Crippen molar-refractivity contribution in [2.24, 2.45) is 0 Å². The molecule has 0 bridgehead atoms. The summed E-state index contributed by atoms with van der Waals surface area (Å²) in [6.07, 6.45) is -1.02. The van der Waals surface area contributed by atoms with Crippen molar-refractivity contribution in [3.63, 3.8) is 0 Å². The second-order valence-electron chi connectivity index (χ2n) is 7.92. The van der Waals surface area contributed by atoms with Gasteiger partial charge in [-0.3, -0.25) is 0 Å². The molecule has 1 heterocycles. The number of ether oxygens (including phenoxy) is 2. The quantitative estimate of drug-likeness (QED) is 0.435. The van der Waals surface area contributed by atoms with Crippen LogP contribution in [-0.2, 0) is 9.47 Å². The van der Waals surface area contributed by atoms with Crippen LogP contribution in [0.3, 0.4) is 0 Å². The summed E-state index contributed by atoms with van der Waals surface area (Å²) < 4.78 is 11.0. The van der Waals surface area contributed by atoms with Gasteiger partial charge < -0.3 is 9.47 Å². The molecule has 2 amide bonds. The Kier molecular flexibility index (Phi) is 6.68. The molecule has 6 nitrogen and oxygen atoms in total. The van der Waals surface area contributed by atoms with E-state index >= 15 is 0 Å². The Hall–Kier alpha value is -4.06. The van der Waals surface area contributed by atoms with Crippen LogP contribution in [0.1, 0.15) is 36.1 Å². The Bertz CT molecular complexity index is 1140. The molecule has 3 aromatic rings. The Labute approximate surface area is 200 Å². The number of benzene rings is 3. The molecule has 0 saturated carbocycles. The van der Waals surface area contributed by atoms with Crippen molar-refractivity contribution in [2.45, 2.75) is 27.7 Å². The van der Waals surface area contributed by atoms with E-state index in [1.54, 1.807) is 23.6 Å². The van der Waals surface area contributed by atoms with E-state index in [2.05, 4.69) is 0 Å². The van der Waals surface area contributed by atoms with Crippen LogP contribution < -0.4 is 9.80 Å². The molecule has 0 N–H and O–H groups in total. The van der Waals surface area contributed by atoms with Crippen molar-refractivity contribution in [3.8, 4) is 0 Å². The molecule has 34 heavy (non-hydrogen) atoms. The van der Waals surface area contributed by atoms with Gasteiger partial charge in [0.2, 0.25) is 0 Å². The van der Waals surface area contributed by atoms with Crippen molar-refractivity contribution >= 4 is 35.0 Å². The summed E-state index contributed by atoms with van der Waals surface area (Å²) >= 11 is 0. The lowest BCUT2D eigenvalue weighted by Gasteiger charge is -2.39. The number of amides is 2. The van der Waals surface area contributed by atoms with Crippen LogP contribution in [-0.4, -0.2) is 25.4 Å². The summed E-state index contributed by atoms with van der Waals surface area (Å²) in [5.41, 5.74) is 5.75. The number of carbonyl (C=O) groups is 2. The zero-order chi connectivity index (χ0) is 24.2. The van der Waals surface area contributed by atoms with Gasteiger partial charge in [-0.05, 0) is 51.0 Å². The zero-order valence-corrected chi connectivity index (χ0v) is 19.9. The van der Waals surface area contributed by atoms with Gasteiger partial charge in [0, 0.05) is 11.1 Å². The first-order chi connectivity index (χ1) is 16.5. The highest BCUT2D eigenvalue weighted by molar-refractivity contribution is 6.22. The molecule has 0 atom stereocenters. The van der Waals surface area contributed by atoms with Gasteiger partial charge >= 0.3 is 12.2 Å². The van der Waals surface area contributed by atoms with Gasteiger partial charge in [0.1, 0.15) is 0 Å². The SMILES string of the molecule is CCOC(=O)N1C(c2ccccc2)=C(c2ccccc2)N(C(=O)OCC)c2cc(C)c(C)cc21. The van der Waals surface area contributed by atoms with E-state index in [0.717, 1.165) is 22.3 Å². The number of fused-ring (bicyclic) bond motifs is 1. The second-order valence-corrected chi connectivity index (χ2v) is 7.92. The Balaban J connectivity index is 2.14. The van der Waals surface area contributed by atoms with Gasteiger partial charge in [-0.25, -0.2) is 19.4 Å². The first-order valence-electron chi connectivity index (χ1n) is 11.4. The average molecular weight is 457 g/mol. The molecule has 1 aliphatic rings. The summed E-state index contributed by atoms with van der Waals surface area (Å²) in [6, 6.07) is 22.9. The molecule has 0 saturated heterocycles. The number of nitrogens with zero attached hydrogens (tertiary/aromatic N) is 2. The van der Waals surface area contributed by atoms with Crippen molar-refractivity contribution in [1.29, 1.82) is 0 Å². The molecule has 174 valence electrons. The molecular formula is C28H28N2O4. The zero-order valence-electron chi connectivity index (χ0n) is 19.9. The fourth-order valence-electron chi connectivity index (χ4n) is 4.08. The fourth-order valence-corrected chi connectivity index (χ4v) is 4.08. The highest BCUT2D eigenvalue weighted by Crippen LogP contribution is 2.48. The fraction of sp³-hybridized carbons (Fsp3) is 0.214. The molecule has 6 heteroatoms. The van der Waals surface area contributed by atoms with Crippen LogP contribution in [0.2, 0.25) is 0 Å². The topological polar surface area (TPSA) is 59.1 Å². The average Bonchev–Trinajstić information content (AvgIpc) is 2.85. The van der Waals surface area contributed by atoms with E-state index in [1.165, 1.54) is 0 Å². The number of anilines is 2. The largest absolute Gasteiger partial charge is 0.449 e. The Morgan fingerprint density at radius 3 is 1.32 bits per heavy atom. The molecule has 3 aromatic carbocycles. The molecule has 0 radical (unpaired) electrons. The molecular weight excluding hydrogens is 428 g/mol. The third kappa shape index (κ3) is 4.15. The van der Waals surface area contributed by atoms with Crippen LogP contribution in [0.4, 0.5) is 21.0 Å². The summed E-state index contributed by atoms with van der Waals surface area (Å²) in [6.45, 7) is 7.95. The first kappa shape index (κ1) is 23.1. The molecule has 0 aromatic heterocycles. The normalized spacial score (nSPS) is 12.9. The van der Waals surface area contributed by atoms with Gasteiger partial charge in [0.15, 0.2) is 0 Å². The monoisotopic (exact) mass is 456 g/mol. The van der Waals surface area contributed by atoms with E-state index in [0.29, 0.717) is 22.8 Å². The predicted molar refractivity (Wildman–Crippen MR) is 135 cm³/mol. The third-order valence-electron chi connectivity index (χ3n) is 5.74. The third-order valence-corrected chi connectivity index (χ3v) is 5.74. The van der Waals surface area contributed by atoms with Crippen molar-refractivity contribution < 1.29 is 19.1 Å². The lowest BCUT2D eigenvalue weighted by molar-refractivity contribution is 0.160. The Morgan fingerprint density at radius 1 is 0.647 bits per heavy atom. The summed E-state index contributed by atoms with van der Waals surface area (Å²) in [4.78, 5) is 30.0. The van der Waals surface area contributed by atoms with Crippen molar-refractivity contribution in [1.82, 2.24) is 0 Å². The Morgan fingerprint density at radius 2 is 1.00 bits per heavy atom. The molecule has 4 rings (SSSR count). The van der Waals surface area contributed by atoms with E-state index in [4.69, 9.17) is 9.47 Å². The minimum absolute atomic E-state index is 0.222. The summed E-state index contributed by atoms with van der Waals surface area (Å²) in [5.74, 6) is 0. The van der Waals surface area contributed by atoms with Gasteiger partial charge in [-0.1, -0.05) is 60.7 Å². The molecule has 0 aliphatic carbocycles. The maximum atomic E-state index is 13.5. The molecule has 1 aliphatic heterocycles. The predicted octanol–water partition coefficient (Wildman–Crippen LogP) is 6.77. The van der Waals surface area contributed by atoms with E-state index in [9.17, 15) is 9.59 Å². The lowest BCUT2D eigenvalue weighted by atomic mass is 9.96. The first-order valence-corrected chi connectivity index (χ1v) is 11.4. The minimum Gasteiger partial charge on any atom is -0.449 e. The smallest absolute Gasteiger partial charge is 0.419 e. The van der Waals surface area contributed by atoms with Gasteiger partial charge in [0.05, 0.1) is 36.0 Å². The standard InChI is InChI=1S/C28H28N2O4/c1-5-33-27(31)29-23-17-19(3)20(4)18-24(23)30(28(32)34-6-2)26(22-15-11-8-12-16-22)25(29)21-13-9-7-10-14-21/h7-18H,5-6H2,1-4H3. The number of rotatable bonds is 4. The second kappa shape index (κ2) is 9.83. The minimum atomic E-state index is -0.511. The van der Waals surface area contributed by atoms with Crippen LogP contribution in [0.5, 0.6) is 0 Å². The maximum Gasteiger partial charge on any atom is 0.419 e. The van der Waals surface area contributed by atoms with E-state index in [1.807, 2.05) is 86.6 Å². The summed E-state index contributed by atoms with van der Waals surface area (Å²) in [5, 5.41) is 0. The number of hydrogen-bond acceptors (Lipinski definition) is 4. The van der Waals surface area contributed by atoms with Crippen LogP contribution >= 0.6 is 0 Å². The summed E-state index contributed by atoms with van der Waals surface area (Å²) in [7, 11) is 0.